The first-order chi connectivity index (χ1) is 11.0. The Morgan fingerprint density at radius 1 is 1.26 bits per heavy atom. The smallest absolute Gasteiger partial charge is 0.338 e. The molecule has 9 heteroatoms. The third-order valence-electron chi connectivity index (χ3n) is 2.70. The van der Waals surface area contributed by atoms with E-state index in [0.29, 0.717) is 5.69 Å². The molecule has 1 aromatic heterocycles. The van der Waals surface area contributed by atoms with Crippen LogP contribution < -0.4 is 5.32 Å². The number of benzene rings is 1. The summed E-state index contributed by atoms with van der Waals surface area (Å²) in [4.78, 5) is 36.8. The van der Waals surface area contributed by atoms with Crippen LogP contribution in [0, 0.1) is 10.1 Å². The molecule has 1 aromatic carbocycles. The quantitative estimate of drug-likeness (QED) is 0.473. The third kappa shape index (κ3) is 4.51. The van der Waals surface area contributed by atoms with E-state index in [1.54, 1.807) is 0 Å². The number of carbonyl (C=O) groups is 2. The van der Waals surface area contributed by atoms with Gasteiger partial charge in [-0.05, 0) is 24.3 Å². The number of anilines is 1. The fourth-order valence-corrected chi connectivity index (χ4v) is 2.45. The molecule has 118 valence electrons. The lowest BCUT2D eigenvalue weighted by Crippen LogP contribution is -2.14. The Morgan fingerprint density at radius 3 is 2.57 bits per heavy atom. The van der Waals surface area contributed by atoms with Crippen molar-refractivity contribution < 1.29 is 19.6 Å². The van der Waals surface area contributed by atoms with Gasteiger partial charge in [0.2, 0.25) is 5.91 Å². The van der Waals surface area contributed by atoms with Crippen LogP contribution in [0.5, 0.6) is 0 Å². The molecule has 2 N–H and O–H groups in total. The van der Waals surface area contributed by atoms with Gasteiger partial charge in [0.25, 0.3) is 5.69 Å². The molecule has 0 unspecified atom stereocenters. The van der Waals surface area contributed by atoms with Gasteiger partial charge in [0.15, 0.2) is 0 Å². The number of rotatable bonds is 6. The van der Waals surface area contributed by atoms with E-state index in [-0.39, 0.29) is 27.9 Å². The molecule has 1 amide bonds. The van der Waals surface area contributed by atoms with Crippen molar-refractivity contribution in [2.45, 2.75) is 5.03 Å². The standard InChI is InChI=1S/C14H11N3O5S/c18-12(16-9-3-5-10(6-4-9)17(21)22)8-23-13-11(14(19)20)2-1-7-15-13/h1-7H,8H2,(H,16,18)(H,19,20). The van der Waals surface area contributed by atoms with E-state index in [2.05, 4.69) is 10.3 Å². The van der Waals surface area contributed by atoms with Gasteiger partial charge in [-0.25, -0.2) is 9.78 Å². The molecule has 0 spiro atoms. The summed E-state index contributed by atoms with van der Waals surface area (Å²) in [5.41, 5.74) is 0.373. The maximum Gasteiger partial charge on any atom is 0.338 e. The summed E-state index contributed by atoms with van der Waals surface area (Å²) in [5, 5.41) is 22.4. The van der Waals surface area contributed by atoms with Crippen molar-refractivity contribution in [2.24, 2.45) is 0 Å². The minimum Gasteiger partial charge on any atom is -0.478 e. The molecular formula is C14H11N3O5S. The molecule has 2 aromatic rings. The molecule has 0 aliphatic rings. The molecule has 1 heterocycles. The van der Waals surface area contributed by atoms with Crippen LogP contribution in [0.4, 0.5) is 11.4 Å². The molecule has 0 atom stereocenters. The number of nitrogens with one attached hydrogen (secondary N) is 1. The van der Waals surface area contributed by atoms with Crippen molar-refractivity contribution >= 4 is 35.0 Å². The van der Waals surface area contributed by atoms with Crippen molar-refractivity contribution in [2.75, 3.05) is 11.1 Å². The van der Waals surface area contributed by atoms with E-state index < -0.39 is 10.9 Å². The van der Waals surface area contributed by atoms with E-state index in [1.165, 1.54) is 42.6 Å². The maximum atomic E-state index is 11.8. The van der Waals surface area contributed by atoms with Crippen LogP contribution >= 0.6 is 11.8 Å². The molecule has 0 saturated carbocycles. The molecule has 0 aliphatic heterocycles. The van der Waals surface area contributed by atoms with Crippen LogP contribution in [-0.4, -0.2) is 32.6 Å². The number of nitro benzene ring substituents is 1. The van der Waals surface area contributed by atoms with Crippen molar-refractivity contribution in [1.29, 1.82) is 0 Å². The number of hydrogen-bond donors (Lipinski definition) is 2. The number of nitrogens with zero attached hydrogens (tertiary/aromatic N) is 2. The lowest BCUT2D eigenvalue weighted by atomic mass is 10.3. The average Bonchev–Trinajstić information content (AvgIpc) is 2.53. The van der Waals surface area contributed by atoms with Crippen LogP contribution in [0.3, 0.4) is 0 Å². The van der Waals surface area contributed by atoms with E-state index >= 15 is 0 Å². The molecule has 0 aliphatic carbocycles. The second kappa shape index (κ2) is 7.36. The van der Waals surface area contributed by atoms with Gasteiger partial charge in [0.05, 0.1) is 16.2 Å². The number of aromatic carboxylic acids is 1. The zero-order chi connectivity index (χ0) is 16.8. The van der Waals surface area contributed by atoms with Crippen LogP contribution in [0.15, 0.2) is 47.6 Å². The first-order valence-electron chi connectivity index (χ1n) is 6.33. The Balaban J connectivity index is 1.95. The summed E-state index contributed by atoms with van der Waals surface area (Å²) in [7, 11) is 0. The average molecular weight is 333 g/mol. The molecular weight excluding hydrogens is 322 g/mol. The SMILES string of the molecule is O=C(CSc1ncccc1C(=O)O)Nc1ccc([N+](=O)[O-])cc1. The number of amides is 1. The highest BCUT2D eigenvalue weighted by Gasteiger charge is 2.13. The fraction of sp³-hybridized carbons (Fsp3) is 0.0714. The van der Waals surface area contributed by atoms with Crippen molar-refractivity contribution in [3.05, 3.63) is 58.3 Å². The second-order valence-electron chi connectivity index (χ2n) is 4.30. The first kappa shape index (κ1) is 16.4. The summed E-state index contributed by atoms with van der Waals surface area (Å²) < 4.78 is 0. The maximum absolute atomic E-state index is 11.8. The number of hydrogen-bond acceptors (Lipinski definition) is 6. The number of carbonyl (C=O) groups excluding carboxylic acids is 1. The summed E-state index contributed by atoms with van der Waals surface area (Å²) in [6.07, 6.45) is 1.45. The van der Waals surface area contributed by atoms with Gasteiger partial charge >= 0.3 is 5.97 Å². The van der Waals surface area contributed by atoms with Crippen LogP contribution in [0.25, 0.3) is 0 Å². The lowest BCUT2D eigenvalue weighted by Gasteiger charge is -2.06. The third-order valence-corrected chi connectivity index (χ3v) is 3.71. The normalized spacial score (nSPS) is 10.1. The Bertz CT molecular complexity index is 748. The summed E-state index contributed by atoms with van der Waals surface area (Å²) in [6, 6.07) is 8.32. The van der Waals surface area contributed by atoms with Gasteiger partial charge in [-0.15, -0.1) is 0 Å². The zero-order valence-corrected chi connectivity index (χ0v) is 12.4. The Morgan fingerprint density at radius 2 is 1.96 bits per heavy atom. The highest BCUT2D eigenvalue weighted by atomic mass is 32.2. The molecule has 0 fully saturated rings. The Kier molecular flexibility index (Phi) is 5.26. The number of carboxylic acid groups (broad SMARTS) is 1. The Labute approximate surface area is 134 Å². The van der Waals surface area contributed by atoms with Crippen molar-refractivity contribution in [3.8, 4) is 0 Å². The van der Waals surface area contributed by atoms with E-state index in [0.717, 1.165) is 11.8 Å². The number of thioether (sulfide) groups is 1. The molecule has 23 heavy (non-hydrogen) atoms. The van der Waals surface area contributed by atoms with Crippen molar-refractivity contribution in [1.82, 2.24) is 4.98 Å². The molecule has 0 bridgehead atoms. The van der Waals surface area contributed by atoms with Gasteiger partial charge in [-0.2, -0.15) is 0 Å². The van der Waals surface area contributed by atoms with E-state index in [4.69, 9.17) is 5.11 Å². The van der Waals surface area contributed by atoms with Crippen LogP contribution in [0.2, 0.25) is 0 Å². The number of carboxylic acids is 1. The minimum absolute atomic E-state index is 0.0284. The summed E-state index contributed by atoms with van der Waals surface area (Å²) in [6.45, 7) is 0. The monoisotopic (exact) mass is 333 g/mol. The summed E-state index contributed by atoms with van der Waals surface area (Å²) in [5.74, 6) is -1.52. The van der Waals surface area contributed by atoms with Gasteiger partial charge in [-0.3, -0.25) is 14.9 Å². The molecule has 0 saturated heterocycles. The fourth-order valence-electron chi connectivity index (χ4n) is 1.67. The van der Waals surface area contributed by atoms with Gasteiger partial charge in [-0.1, -0.05) is 11.8 Å². The van der Waals surface area contributed by atoms with Gasteiger partial charge < -0.3 is 10.4 Å². The van der Waals surface area contributed by atoms with Gasteiger partial charge in [0, 0.05) is 24.0 Å². The predicted octanol–water partition coefficient (Wildman–Crippen LogP) is 2.42. The first-order valence-corrected chi connectivity index (χ1v) is 7.31. The Hall–Kier alpha value is -2.94. The molecule has 8 nitrogen and oxygen atoms in total. The predicted molar refractivity (Wildman–Crippen MR) is 83.6 cm³/mol. The van der Waals surface area contributed by atoms with Crippen LogP contribution in [0.1, 0.15) is 10.4 Å². The largest absolute Gasteiger partial charge is 0.478 e. The second-order valence-corrected chi connectivity index (χ2v) is 5.27. The topological polar surface area (TPSA) is 122 Å². The number of pyridine rings is 1. The summed E-state index contributed by atoms with van der Waals surface area (Å²) >= 11 is 0.999. The zero-order valence-electron chi connectivity index (χ0n) is 11.6. The highest BCUT2D eigenvalue weighted by molar-refractivity contribution is 8.00. The number of nitro groups is 1. The van der Waals surface area contributed by atoms with Crippen LogP contribution in [-0.2, 0) is 4.79 Å². The highest BCUT2D eigenvalue weighted by Crippen LogP contribution is 2.21. The minimum atomic E-state index is -1.11. The molecule has 0 radical (unpaired) electrons. The lowest BCUT2D eigenvalue weighted by molar-refractivity contribution is -0.384. The van der Waals surface area contributed by atoms with E-state index in [1.807, 2.05) is 0 Å². The number of aromatic nitrogens is 1. The van der Waals surface area contributed by atoms with Crippen molar-refractivity contribution in [3.63, 3.8) is 0 Å². The molecule has 2 rings (SSSR count). The number of non-ortho nitro benzene ring substituents is 1. The van der Waals surface area contributed by atoms with Gasteiger partial charge in [0.1, 0.15) is 5.03 Å². The van der Waals surface area contributed by atoms with E-state index in [9.17, 15) is 19.7 Å².